The SMILES string of the molecule is CCOC(=O)[C@@H](OC(C)(C)C)c1c(C)nc2cc(/C=C/Cc3ccc(F)cc3O)nn2c1N1CCC(C)(OCCCC[C@@H](C)O)CC1. The number of rotatable bonds is 14. The molecule has 0 saturated carbocycles. The fraction of sp³-hybridized carbons (Fsp3) is 0.583. The normalized spacial score (nSPS) is 16.6. The zero-order chi connectivity index (χ0) is 34.4. The highest BCUT2D eigenvalue weighted by Gasteiger charge is 2.38. The van der Waals surface area contributed by atoms with E-state index in [0.717, 1.165) is 44.0 Å². The number of carbonyl (C=O) groups is 1. The Morgan fingerprint density at radius 1 is 1.19 bits per heavy atom. The Labute approximate surface area is 277 Å². The van der Waals surface area contributed by atoms with Crippen LogP contribution >= 0.6 is 0 Å². The van der Waals surface area contributed by atoms with Gasteiger partial charge in [-0.1, -0.05) is 12.1 Å². The van der Waals surface area contributed by atoms with Crippen LogP contribution in [0, 0.1) is 12.7 Å². The quantitative estimate of drug-likeness (QED) is 0.149. The van der Waals surface area contributed by atoms with Crippen LogP contribution in [0.5, 0.6) is 5.75 Å². The molecule has 1 aliphatic rings. The zero-order valence-corrected chi connectivity index (χ0v) is 28.9. The van der Waals surface area contributed by atoms with Gasteiger partial charge in [-0.3, -0.25) is 0 Å². The summed E-state index contributed by atoms with van der Waals surface area (Å²) in [6, 6.07) is 5.85. The summed E-state index contributed by atoms with van der Waals surface area (Å²) in [6.07, 6.45) is 6.88. The molecule has 0 unspecified atom stereocenters. The van der Waals surface area contributed by atoms with Crippen molar-refractivity contribution in [3.8, 4) is 5.75 Å². The summed E-state index contributed by atoms with van der Waals surface area (Å²) in [5, 5.41) is 24.6. The maximum Gasteiger partial charge on any atom is 0.340 e. The maximum absolute atomic E-state index is 13.5. The Morgan fingerprint density at radius 2 is 1.91 bits per heavy atom. The largest absolute Gasteiger partial charge is 0.508 e. The van der Waals surface area contributed by atoms with E-state index in [0.29, 0.717) is 54.3 Å². The van der Waals surface area contributed by atoms with Crippen molar-refractivity contribution in [3.05, 3.63) is 58.7 Å². The van der Waals surface area contributed by atoms with E-state index in [1.54, 1.807) is 17.5 Å². The van der Waals surface area contributed by atoms with Crippen molar-refractivity contribution in [1.82, 2.24) is 14.6 Å². The predicted octanol–water partition coefficient (Wildman–Crippen LogP) is 6.48. The summed E-state index contributed by atoms with van der Waals surface area (Å²) < 4.78 is 33.5. The van der Waals surface area contributed by atoms with Crippen molar-refractivity contribution in [3.63, 3.8) is 0 Å². The molecule has 2 N–H and O–H groups in total. The van der Waals surface area contributed by atoms with E-state index in [4.69, 9.17) is 24.3 Å². The number of anilines is 1. The average molecular weight is 655 g/mol. The highest BCUT2D eigenvalue weighted by molar-refractivity contribution is 5.80. The number of aliphatic hydroxyl groups is 1. The van der Waals surface area contributed by atoms with E-state index in [2.05, 4.69) is 11.8 Å². The first-order valence-electron chi connectivity index (χ1n) is 16.7. The molecule has 258 valence electrons. The van der Waals surface area contributed by atoms with Crippen LogP contribution in [-0.2, 0) is 25.4 Å². The lowest BCUT2D eigenvalue weighted by molar-refractivity contribution is -0.166. The third-order valence-electron chi connectivity index (χ3n) is 8.32. The number of phenolic OH excluding ortho intramolecular Hbond substituents is 1. The Kier molecular flexibility index (Phi) is 12.0. The molecule has 0 aliphatic carbocycles. The number of hydrogen-bond donors (Lipinski definition) is 2. The molecule has 1 fully saturated rings. The number of piperidine rings is 1. The van der Waals surface area contributed by atoms with Crippen molar-refractivity contribution in [2.45, 2.75) is 110 Å². The van der Waals surface area contributed by atoms with Crippen LogP contribution < -0.4 is 4.90 Å². The molecule has 1 aliphatic heterocycles. The number of unbranched alkanes of at least 4 members (excludes halogenated alkanes) is 1. The lowest BCUT2D eigenvalue weighted by Crippen LogP contribution is -2.46. The average Bonchev–Trinajstić information content (AvgIpc) is 3.38. The van der Waals surface area contributed by atoms with Gasteiger partial charge in [-0.2, -0.15) is 9.61 Å². The van der Waals surface area contributed by atoms with Crippen LogP contribution in [0.15, 0.2) is 30.3 Å². The first-order chi connectivity index (χ1) is 22.2. The van der Waals surface area contributed by atoms with Crippen LogP contribution in [0.4, 0.5) is 10.2 Å². The van der Waals surface area contributed by atoms with Crippen molar-refractivity contribution >= 4 is 23.5 Å². The molecule has 2 atom stereocenters. The molecule has 47 heavy (non-hydrogen) atoms. The van der Waals surface area contributed by atoms with Gasteiger partial charge in [0.1, 0.15) is 17.4 Å². The van der Waals surface area contributed by atoms with Crippen molar-refractivity contribution < 1.29 is 33.6 Å². The van der Waals surface area contributed by atoms with Crippen molar-refractivity contribution in [2.24, 2.45) is 0 Å². The van der Waals surface area contributed by atoms with Gasteiger partial charge in [0.05, 0.1) is 35.2 Å². The van der Waals surface area contributed by atoms with Crippen LogP contribution in [0.25, 0.3) is 11.7 Å². The second kappa shape index (κ2) is 15.6. The molecule has 0 spiro atoms. The van der Waals surface area contributed by atoms with Gasteiger partial charge in [-0.25, -0.2) is 14.2 Å². The number of carbonyl (C=O) groups excluding carboxylic acids is 1. The monoisotopic (exact) mass is 654 g/mol. The summed E-state index contributed by atoms with van der Waals surface area (Å²) in [7, 11) is 0. The Bertz CT molecular complexity index is 1540. The second-order valence-electron chi connectivity index (χ2n) is 13.6. The number of nitrogens with zero attached hydrogens (tertiary/aromatic N) is 4. The summed E-state index contributed by atoms with van der Waals surface area (Å²) >= 11 is 0. The molecular weight excluding hydrogens is 603 g/mol. The minimum atomic E-state index is -1.02. The molecule has 0 radical (unpaired) electrons. The number of hydrogen-bond acceptors (Lipinski definition) is 9. The third kappa shape index (κ3) is 9.74. The Morgan fingerprint density at radius 3 is 2.55 bits per heavy atom. The Balaban J connectivity index is 1.69. The van der Waals surface area contributed by atoms with Crippen LogP contribution in [0.3, 0.4) is 0 Å². The van der Waals surface area contributed by atoms with Crippen molar-refractivity contribution in [1.29, 1.82) is 0 Å². The number of benzene rings is 1. The zero-order valence-electron chi connectivity index (χ0n) is 28.9. The van der Waals surface area contributed by atoms with E-state index in [9.17, 15) is 19.4 Å². The lowest BCUT2D eigenvalue weighted by atomic mass is 9.92. The minimum Gasteiger partial charge on any atom is -0.508 e. The first kappa shape index (κ1) is 36.3. The molecule has 0 amide bonds. The fourth-order valence-corrected chi connectivity index (χ4v) is 5.83. The first-order valence-corrected chi connectivity index (χ1v) is 16.7. The van der Waals surface area contributed by atoms with E-state index in [1.165, 1.54) is 6.07 Å². The predicted molar refractivity (Wildman–Crippen MR) is 180 cm³/mol. The van der Waals surface area contributed by atoms with Crippen LogP contribution in [-0.4, -0.2) is 74.4 Å². The highest BCUT2D eigenvalue weighted by atomic mass is 19.1. The number of aryl methyl sites for hydroxylation is 1. The topological polar surface area (TPSA) is 119 Å². The number of aromatic nitrogens is 3. The van der Waals surface area contributed by atoms with Gasteiger partial charge in [-0.15, -0.1) is 0 Å². The number of aromatic hydroxyl groups is 1. The lowest BCUT2D eigenvalue weighted by Gasteiger charge is -2.41. The van der Waals surface area contributed by atoms with Crippen LogP contribution in [0.1, 0.15) is 102 Å². The molecule has 3 aromatic rings. The number of fused-ring (bicyclic) bond motifs is 1. The molecule has 0 bridgehead atoms. The smallest absolute Gasteiger partial charge is 0.340 e. The number of allylic oxidation sites excluding steroid dienone is 1. The van der Waals surface area contributed by atoms with E-state index in [1.807, 2.05) is 52.8 Å². The number of phenols is 1. The number of ether oxygens (including phenoxy) is 3. The third-order valence-corrected chi connectivity index (χ3v) is 8.32. The van der Waals surface area contributed by atoms with Gasteiger partial charge in [0.2, 0.25) is 0 Å². The Hall–Kier alpha value is -3.54. The highest BCUT2D eigenvalue weighted by Crippen LogP contribution is 2.38. The van der Waals surface area contributed by atoms with E-state index >= 15 is 0 Å². The van der Waals surface area contributed by atoms with E-state index < -0.39 is 23.5 Å². The minimum absolute atomic E-state index is 0.0986. The summed E-state index contributed by atoms with van der Waals surface area (Å²) in [6.45, 7) is 15.5. The summed E-state index contributed by atoms with van der Waals surface area (Å²) in [4.78, 5) is 20.6. The molecule has 2 aromatic heterocycles. The molecule has 1 saturated heterocycles. The van der Waals surface area contributed by atoms with Gasteiger partial charge in [0, 0.05) is 37.5 Å². The molecule has 10 nitrogen and oxygen atoms in total. The van der Waals surface area contributed by atoms with Gasteiger partial charge < -0.3 is 29.3 Å². The molecular formula is C36H51FN4O6. The standard InChI is InChI=1S/C36H51FN4O6/c1-8-45-34(44)32(47-35(4,5)6)31-25(3)38-30-23-28(14-11-13-26-15-16-27(37)22-29(26)43)39-41(30)33(31)40-19-17-36(7,18-20-40)46-21-10-9-12-24(2)42/h11,14-16,22-24,32,42-43H,8-10,12-13,17-21H2,1-7H3/b14-11+/t24-,32+/m1/s1. The van der Waals surface area contributed by atoms with Gasteiger partial charge in [-0.05, 0) is 105 Å². The second-order valence-corrected chi connectivity index (χ2v) is 13.6. The fourth-order valence-electron chi connectivity index (χ4n) is 5.83. The van der Waals surface area contributed by atoms with Gasteiger partial charge >= 0.3 is 5.97 Å². The number of esters is 1. The van der Waals surface area contributed by atoms with Crippen molar-refractivity contribution in [2.75, 3.05) is 31.2 Å². The summed E-state index contributed by atoms with van der Waals surface area (Å²) in [5.41, 5.74) is 2.17. The maximum atomic E-state index is 13.5. The van der Waals surface area contributed by atoms with Gasteiger partial charge in [0.15, 0.2) is 11.8 Å². The molecule has 11 heteroatoms. The molecule has 3 heterocycles. The van der Waals surface area contributed by atoms with Crippen LogP contribution in [0.2, 0.25) is 0 Å². The van der Waals surface area contributed by atoms with Gasteiger partial charge in [0.25, 0.3) is 0 Å². The summed E-state index contributed by atoms with van der Waals surface area (Å²) in [5.74, 6) is -0.348. The molecule has 4 rings (SSSR count). The number of halogens is 1. The number of aliphatic hydroxyl groups excluding tert-OH is 1. The van der Waals surface area contributed by atoms with E-state index in [-0.39, 0.29) is 24.1 Å². The molecule has 1 aromatic carbocycles.